The van der Waals surface area contributed by atoms with E-state index in [0.717, 1.165) is 36.3 Å². The van der Waals surface area contributed by atoms with Crippen LogP contribution in [0.4, 0.5) is 5.69 Å². The normalized spacial score (nSPS) is 25.9. The minimum atomic E-state index is -1.09. The number of anilines is 1. The molecule has 2 aliphatic rings. The number of fused-ring (bicyclic) bond motifs is 1. The molecular formula is C16H20N2O2S. The number of carbonyl (C=O) groups excluding carboxylic acids is 2. The monoisotopic (exact) mass is 304 g/mol. The van der Waals surface area contributed by atoms with Crippen molar-refractivity contribution in [3.63, 3.8) is 0 Å². The van der Waals surface area contributed by atoms with Crippen molar-refractivity contribution in [1.82, 2.24) is 5.32 Å². The molecule has 1 aliphatic heterocycles. The van der Waals surface area contributed by atoms with Gasteiger partial charge in [-0.1, -0.05) is 43.2 Å². The highest BCUT2D eigenvalue weighted by Gasteiger charge is 2.46. The fourth-order valence-corrected chi connectivity index (χ4v) is 4.00. The van der Waals surface area contributed by atoms with Crippen LogP contribution >= 0.6 is 11.8 Å². The molecular weight excluding hydrogens is 284 g/mol. The van der Waals surface area contributed by atoms with E-state index in [-0.39, 0.29) is 17.9 Å². The first-order valence-electron chi connectivity index (χ1n) is 7.50. The molecule has 0 spiro atoms. The second-order valence-electron chi connectivity index (χ2n) is 5.89. The predicted molar refractivity (Wildman–Crippen MR) is 84.3 cm³/mol. The van der Waals surface area contributed by atoms with Crippen molar-refractivity contribution >= 4 is 29.3 Å². The van der Waals surface area contributed by atoms with Crippen LogP contribution in [0.3, 0.4) is 0 Å². The van der Waals surface area contributed by atoms with Gasteiger partial charge < -0.3 is 10.6 Å². The molecule has 0 radical (unpaired) electrons. The number of hydrogen-bond acceptors (Lipinski definition) is 3. The topological polar surface area (TPSA) is 58.2 Å². The molecule has 112 valence electrons. The van der Waals surface area contributed by atoms with Gasteiger partial charge in [0.05, 0.1) is 5.69 Å². The maximum absolute atomic E-state index is 12.6. The van der Waals surface area contributed by atoms with E-state index in [0.29, 0.717) is 0 Å². The highest BCUT2D eigenvalue weighted by Crippen LogP contribution is 2.42. The van der Waals surface area contributed by atoms with Crippen molar-refractivity contribution < 1.29 is 9.59 Å². The lowest BCUT2D eigenvalue weighted by Gasteiger charge is -2.34. The van der Waals surface area contributed by atoms with Crippen LogP contribution in [0.25, 0.3) is 0 Å². The minimum absolute atomic E-state index is 0.175. The summed E-state index contributed by atoms with van der Waals surface area (Å²) in [6.07, 6.45) is 5.59. The molecule has 1 saturated carbocycles. The summed E-state index contributed by atoms with van der Waals surface area (Å²) in [6.45, 7) is 1.71. The van der Waals surface area contributed by atoms with Gasteiger partial charge in [0.2, 0.25) is 11.8 Å². The van der Waals surface area contributed by atoms with E-state index in [1.165, 1.54) is 18.2 Å². The third kappa shape index (κ3) is 2.79. The average Bonchev–Trinajstić information content (AvgIpc) is 2.49. The number of benzene rings is 1. The molecule has 1 aliphatic carbocycles. The van der Waals surface area contributed by atoms with Crippen molar-refractivity contribution in [2.45, 2.75) is 54.7 Å². The summed E-state index contributed by atoms with van der Waals surface area (Å²) in [6, 6.07) is 7.81. The molecule has 1 atom stereocenters. The van der Waals surface area contributed by atoms with E-state index in [4.69, 9.17) is 0 Å². The first kappa shape index (κ1) is 14.4. The summed E-state index contributed by atoms with van der Waals surface area (Å²) in [4.78, 5) is 25.9. The molecule has 0 aromatic heterocycles. The smallest absolute Gasteiger partial charge is 0.250 e. The predicted octanol–water partition coefficient (Wildman–Crippen LogP) is 2.94. The number of carbonyl (C=O) groups is 2. The zero-order chi connectivity index (χ0) is 14.9. The van der Waals surface area contributed by atoms with Crippen LogP contribution in [0.5, 0.6) is 0 Å². The summed E-state index contributed by atoms with van der Waals surface area (Å²) >= 11 is 1.34. The zero-order valence-corrected chi connectivity index (χ0v) is 13.0. The maximum Gasteiger partial charge on any atom is 0.250 e. The van der Waals surface area contributed by atoms with Gasteiger partial charge in [-0.05, 0) is 31.9 Å². The zero-order valence-electron chi connectivity index (χ0n) is 12.1. The van der Waals surface area contributed by atoms with Gasteiger partial charge in [0.1, 0.15) is 0 Å². The number of hydrogen-bond donors (Lipinski definition) is 2. The summed E-state index contributed by atoms with van der Waals surface area (Å²) in [7, 11) is 0. The van der Waals surface area contributed by atoms with Gasteiger partial charge in [-0.25, -0.2) is 0 Å². The first-order chi connectivity index (χ1) is 10.1. The minimum Gasteiger partial charge on any atom is -0.352 e. The third-order valence-corrected chi connectivity index (χ3v) is 5.61. The Bertz CT molecular complexity index is 569. The van der Waals surface area contributed by atoms with Crippen molar-refractivity contribution in [3.8, 4) is 0 Å². The van der Waals surface area contributed by atoms with Crippen molar-refractivity contribution in [2.24, 2.45) is 0 Å². The highest BCUT2D eigenvalue weighted by molar-refractivity contribution is 8.02. The second-order valence-corrected chi connectivity index (χ2v) is 7.35. The fraction of sp³-hybridized carbons (Fsp3) is 0.500. The standard InChI is InChI=1S/C16H20N2O2S/c1-16(14(19)17-11-7-3-2-4-8-11)15(20)18-12-9-5-6-10-13(12)21-16/h5-6,9-11H,2-4,7-8H2,1H3,(H,17,19)(H,18,20). The third-order valence-electron chi connectivity index (χ3n) is 4.26. The number of nitrogens with one attached hydrogen (secondary N) is 2. The van der Waals surface area contributed by atoms with Crippen LogP contribution < -0.4 is 10.6 Å². The van der Waals surface area contributed by atoms with E-state index in [9.17, 15) is 9.59 Å². The van der Waals surface area contributed by atoms with Crippen LogP contribution in [0.15, 0.2) is 29.2 Å². The molecule has 4 nitrogen and oxygen atoms in total. The number of amides is 2. The maximum atomic E-state index is 12.6. The van der Waals surface area contributed by atoms with Crippen LogP contribution in [0.1, 0.15) is 39.0 Å². The van der Waals surface area contributed by atoms with E-state index < -0.39 is 4.75 Å². The molecule has 21 heavy (non-hydrogen) atoms. The van der Waals surface area contributed by atoms with Gasteiger partial charge >= 0.3 is 0 Å². The Hall–Kier alpha value is -1.49. The Morgan fingerprint density at radius 2 is 2.00 bits per heavy atom. The van der Waals surface area contributed by atoms with Crippen molar-refractivity contribution in [2.75, 3.05) is 5.32 Å². The molecule has 3 rings (SSSR count). The van der Waals surface area contributed by atoms with E-state index in [1.807, 2.05) is 24.3 Å². The Kier molecular flexibility index (Phi) is 3.93. The molecule has 0 saturated heterocycles. The van der Waals surface area contributed by atoms with Gasteiger partial charge in [-0.2, -0.15) is 0 Å². The second kappa shape index (κ2) is 5.72. The molecule has 0 bridgehead atoms. The summed E-state index contributed by atoms with van der Waals surface area (Å²) in [5, 5.41) is 5.92. The first-order valence-corrected chi connectivity index (χ1v) is 8.32. The van der Waals surface area contributed by atoms with Gasteiger partial charge in [0.25, 0.3) is 0 Å². The Morgan fingerprint density at radius 1 is 1.29 bits per heavy atom. The molecule has 1 unspecified atom stereocenters. The van der Waals surface area contributed by atoms with Gasteiger partial charge in [0, 0.05) is 10.9 Å². The SMILES string of the molecule is CC1(C(=O)NC2CCCCC2)Sc2ccccc2NC1=O. The van der Waals surface area contributed by atoms with E-state index >= 15 is 0 Å². The van der Waals surface area contributed by atoms with Crippen molar-refractivity contribution in [3.05, 3.63) is 24.3 Å². The van der Waals surface area contributed by atoms with E-state index in [1.54, 1.807) is 6.92 Å². The molecule has 2 N–H and O–H groups in total. The molecule has 1 fully saturated rings. The summed E-state index contributed by atoms with van der Waals surface area (Å²) in [5.41, 5.74) is 0.787. The molecule has 2 amide bonds. The average molecular weight is 304 g/mol. The Balaban J connectivity index is 1.76. The number of rotatable bonds is 2. The fourth-order valence-electron chi connectivity index (χ4n) is 2.89. The summed E-state index contributed by atoms with van der Waals surface area (Å²) < 4.78 is -1.09. The van der Waals surface area contributed by atoms with Crippen molar-refractivity contribution in [1.29, 1.82) is 0 Å². The van der Waals surface area contributed by atoms with Crippen LogP contribution in [-0.4, -0.2) is 22.6 Å². The lowest BCUT2D eigenvalue weighted by atomic mass is 9.95. The van der Waals surface area contributed by atoms with Crippen LogP contribution in [-0.2, 0) is 9.59 Å². The lowest BCUT2D eigenvalue weighted by molar-refractivity contribution is -0.130. The van der Waals surface area contributed by atoms with Crippen LogP contribution in [0.2, 0.25) is 0 Å². The largest absolute Gasteiger partial charge is 0.352 e. The highest BCUT2D eigenvalue weighted by atomic mass is 32.2. The van der Waals surface area contributed by atoms with Gasteiger partial charge in [0.15, 0.2) is 4.75 Å². The lowest BCUT2D eigenvalue weighted by Crippen LogP contribution is -2.54. The Morgan fingerprint density at radius 3 is 2.76 bits per heavy atom. The molecule has 1 heterocycles. The van der Waals surface area contributed by atoms with Gasteiger partial charge in [-0.3, -0.25) is 9.59 Å². The molecule has 5 heteroatoms. The molecule has 1 aromatic rings. The van der Waals surface area contributed by atoms with Crippen LogP contribution in [0, 0.1) is 0 Å². The van der Waals surface area contributed by atoms with E-state index in [2.05, 4.69) is 10.6 Å². The summed E-state index contributed by atoms with van der Waals surface area (Å²) in [5.74, 6) is -0.411. The van der Waals surface area contributed by atoms with Gasteiger partial charge in [-0.15, -0.1) is 0 Å². The Labute approximate surface area is 129 Å². The molecule has 1 aromatic carbocycles. The quantitative estimate of drug-likeness (QED) is 0.826. The number of para-hydroxylation sites is 1. The number of thioether (sulfide) groups is 1.